The van der Waals surface area contributed by atoms with Gasteiger partial charge in [-0.3, -0.25) is 24.0 Å². The van der Waals surface area contributed by atoms with E-state index in [9.17, 15) is 43.8 Å². The standard InChI is InChI=1S/C40H57N5O10/c1-10-30-37(49)44-34(40(53)54)26(7)36(48)43-33(22(2)3)38(50)41-28(25(6)35(47)42-29(39(51)52)18-19-32(46)45(30)8)17-16-23(4)20-24(5)31(55-9)21-27-14-12-11-13-15-27/h10-17,20,22,24-26,28-29,31,33-34H,18-19,21H2,1-9H3,(H,41,50)(H,42,47)(H,43,48)(H,44,49)(H,51,52)(H,53,54)/b17-16+,23-20+,30-10+/t24-,25-,26-,28?,29+,31-,33?,34?/m0/s1. The number of carboxylic acid groups (broad SMARTS) is 2. The van der Waals surface area contributed by atoms with Crippen molar-refractivity contribution in [1.82, 2.24) is 26.2 Å². The van der Waals surface area contributed by atoms with E-state index in [2.05, 4.69) is 21.3 Å². The number of amides is 5. The molecule has 8 atom stereocenters. The van der Waals surface area contributed by atoms with Gasteiger partial charge in [0, 0.05) is 26.5 Å². The Morgan fingerprint density at radius 1 is 0.909 bits per heavy atom. The van der Waals surface area contributed by atoms with Gasteiger partial charge in [-0.05, 0) is 38.2 Å². The third kappa shape index (κ3) is 13.5. The molecular formula is C40H57N5O10. The van der Waals surface area contributed by atoms with Crippen LogP contribution in [0.4, 0.5) is 0 Å². The fourth-order valence-corrected chi connectivity index (χ4v) is 6.11. The number of nitrogens with one attached hydrogen (secondary N) is 4. The zero-order valence-electron chi connectivity index (χ0n) is 33.1. The number of rotatable bonds is 10. The fourth-order valence-electron chi connectivity index (χ4n) is 6.11. The number of hydrogen-bond donors (Lipinski definition) is 6. The highest BCUT2D eigenvalue weighted by atomic mass is 16.5. The molecule has 0 spiro atoms. The number of ether oxygens (including phenoxy) is 1. The van der Waals surface area contributed by atoms with Crippen LogP contribution in [0.5, 0.6) is 0 Å². The zero-order valence-corrected chi connectivity index (χ0v) is 33.1. The van der Waals surface area contributed by atoms with Crippen LogP contribution in [-0.4, -0.2) is 101 Å². The molecule has 0 aromatic heterocycles. The summed E-state index contributed by atoms with van der Waals surface area (Å²) in [5, 5.41) is 30.1. The van der Waals surface area contributed by atoms with Gasteiger partial charge in [0.2, 0.25) is 23.6 Å². The lowest BCUT2D eigenvalue weighted by Gasteiger charge is -2.29. The van der Waals surface area contributed by atoms with Crippen LogP contribution in [0, 0.1) is 23.7 Å². The Labute approximate surface area is 323 Å². The van der Waals surface area contributed by atoms with Gasteiger partial charge in [0.25, 0.3) is 5.91 Å². The first-order valence-electron chi connectivity index (χ1n) is 18.4. The molecule has 15 nitrogen and oxygen atoms in total. The predicted octanol–water partition coefficient (Wildman–Crippen LogP) is 2.58. The predicted molar refractivity (Wildman–Crippen MR) is 205 cm³/mol. The molecule has 3 unspecified atom stereocenters. The van der Waals surface area contributed by atoms with E-state index in [4.69, 9.17) is 4.74 Å². The third-order valence-corrected chi connectivity index (χ3v) is 9.74. The molecule has 6 N–H and O–H groups in total. The molecule has 15 heteroatoms. The summed E-state index contributed by atoms with van der Waals surface area (Å²) in [4.78, 5) is 92.8. The average molecular weight is 768 g/mol. The Morgan fingerprint density at radius 2 is 1.53 bits per heavy atom. The molecule has 1 saturated heterocycles. The number of hydrogen-bond acceptors (Lipinski definition) is 8. The van der Waals surface area contributed by atoms with Crippen molar-refractivity contribution >= 4 is 41.5 Å². The molecule has 55 heavy (non-hydrogen) atoms. The average Bonchev–Trinajstić information content (AvgIpc) is 3.13. The highest BCUT2D eigenvalue weighted by Crippen LogP contribution is 2.19. The van der Waals surface area contributed by atoms with Crippen LogP contribution in [-0.2, 0) is 44.7 Å². The number of likely N-dealkylation sites (N-methyl/N-ethyl adjacent to an activating group) is 1. The van der Waals surface area contributed by atoms with Gasteiger partial charge in [-0.15, -0.1) is 0 Å². The molecule has 1 fully saturated rings. The summed E-state index contributed by atoms with van der Waals surface area (Å²) >= 11 is 0. The first kappa shape index (κ1) is 45.8. The normalized spacial score (nSPS) is 26.3. The SMILES string of the molecule is C/C=C1\C(=O)NC(C(=O)O)[C@H](C)C(=O)NC(C(C)C)C(=O)NC(/C=C/C(C)=C/[C@H](C)[C@H](Cc2ccccc2)OC)[C@H](C)C(=O)N[C@@H](C(=O)O)CCC(=O)N1C. The van der Waals surface area contributed by atoms with Crippen LogP contribution in [0.2, 0.25) is 0 Å². The summed E-state index contributed by atoms with van der Waals surface area (Å²) in [7, 11) is 2.91. The minimum absolute atomic E-state index is 0.0384. The fraction of sp³-hybridized carbons (Fsp3) is 0.525. The van der Waals surface area contributed by atoms with Gasteiger partial charge in [0.05, 0.1) is 24.0 Å². The van der Waals surface area contributed by atoms with E-state index in [1.807, 2.05) is 50.3 Å². The lowest BCUT2D eigenvalue weighted by Crippen LogP contribution is -2.57. The van der Waals surface area contributed by atoms with E-state index < -0.39 is 89.8 Å². The Kier molecular flexibility index (Phi) is 18.0. The molecule has 1 aliphatic rings. The number of carboxylic acids is 2. The molecule has 0 saturated carbocycles. The second kappa shape index (κ2) is 21.5. The molecule has 1 aliphatic heterocycles. The summed E-state index contributed by atoms with van der Waals surface area (Å²) in [6.07, 6.45) is 6.37. The third-order valence-electron chi connectivity index (χ3n) is 9.74. The molecule has 0 radical (unpaired) electrons. The molecular weight excluding hydrogens is 710 g/mol. The lowest BCUT2D eigenvalue weighted by molar-refractivity contribution is -0.146. The zero-order chi connectivity index (χ0) is 41.6. The molecule has 0 bridgehead atoms. The van der Waals surface area contributed by atoms with Gasteiger partial charge in [-0.2, -0.15) is 0 Å². The van der Waals surface area contributed by atoms with Crippen LogP contribution in [0.1, 0.15) is 66.9 Å². The van der Waals surface area contributed by atoms with Crippen LogP contribution in [0.15, 0.2) is 65.9 Å². The molecule has 1 aromatic rings. The Bertz CT molecular complexity index is 1640. The van der Waals surface area contributed by atoms with Crippen molar-refractivity contribution in [2.75, 3.05) is 14.2 Å². The summed E-state index contributed by atoms with van der Waals surface area (Å²) in [6, 6.07) is 4.42. The maximum absolute atomic E-state index is 13.9. The summed E-state index contributed by atoms with van der Waals surface area (Å²) in [5.74, 6) is -9.82. The van der Waals surface area contributed by atoms with Gasteiger partial charge >= 0.3 is 11.9 Å². The topological polar surface area (TPSA) is 221 Å². The smallest absolute Gasteiger partial charge is 0.327 e. The maximum Gasteiger partial charge on any atom is 0.327 e. The number of nitrogens with zero attached hydrogens (tertiary/aromatic N) is 1. The van der Waals surface area contributed by atoms with Crippen LogP contribution in [0.3, 0.4) is 0 Å². The number of aliphatic carboxylic acids is 2. The largest absolute Gasteiger partial charge is 0.480 e. The first-order chi connectivity index (χ1) is 25.8. The number of allylic oxidation sites excluding steroid dienone is 3. The highest BCUT2D eigenvalue weighted by Gasteiger charge is 2.37. The van der Waals surface area contributed by atoms with Crippen molar-refractivity contribution in [1.29, 1.82) is 0 Å². The maximum atomic E-state index is 13.9. The second-order valence-corrected chi connectivity index (χ2v) is 14.3. The minimum Gasteiger partial charge on any atom is -0.480 e. The molecule has 302 valence electrons. The van der Waals surface area contributed by atoms with Gasteiger partial charge in [0.1, 0.15) is 23.8 Å². The van der Waals surface area contributed by atoms with Crippen LogP contribution in [0.25, 0.3) is 0 Å². The van der Waals surface area contributed by atoms with E-state index in [1.165, 1.54) is 33.9 Å². The molecule has 2 rings (SSSR count). The van der Waals surface area contributed by atoms with Crippen molar-refractivity contribution < 1.29 is 48.5 Å². The number of benzene rings is 1. The Hall–Kier alpha value is -5.31. The molecule has 5 amide bonds. The van der Waals surface area contributed by atoms with Gasteiger partial charge in [-0.25, -0.2) is 9.59 Å². The molecule has 1 heterocycles. The lowest BCUT2D eigenvalue weighted by atomic mass is 9.94. The van der Waals surface area contributed by atoms with Crippen molar-refractivity contribution in [2.45, 2.75) is 98.0 Å². The van der Waals surface area contributed by atoms with Gasteiger partial charge in [-0.1, -0.05) is 94.8 Å². The quantitative estimate of drug-likeness (QED) is 0.151. The number of carbonyl (C=O) groups excluding carboxylic acids is 5. The Balaban J connectivity index is 2.57. The van der Waals surface area contributed by atoms with E-state index in [-0.39, 0.29) is 24.1 Å². The first-order valence-corrected chi connectivity index (χ1v) is 18.4. The molecule has 0 aliphatic carbocycles. The van der Waals surface area contributed by atoms with Crippen molar-refractivity contribution in [3.8, 4) is 0 Å². The summed E-state index contributed by atoms with van der Waals surface area (Å²) in [5.41, 5.74) is 1.66. The van der Waals surface area contributed by atoms with Crippen LogP contribution < -0.4 is 21.3 Å². The minimum atomic E-state index is -1.75. The van der Waals surface area contributed by atoms with Crippen molar-refractivity contribution in [3.05, 3.63) is 71.5 Å². The van der Waals surface area contributed by atoms with Crippen LogP contribution >= 0.6 is 0 Å². The van der Waals surface area contributed by atoms with Crippen molar-refractivity contribution in [3.63, 3.8) is 0 Å². The van der Waals surface area contributed by atoms with Gasteiger partial charge in [0.15, 0.2) is 0 Å². The van der Waals surface area contributed by atoms with Gasteiger partial charge < -0.3 is 41.1 Å². The summed E-state index contributed by atoms with van der Waals surface area (Å²) < 4.78 is 5.78. The van der Waals surface area contributed by atoms with E-state index in [1.54, 1.807) is 33.1 Å². The summed E-state index contributed by atoms with van der Waals surface area (Å²) in [6.45, 7) is 11.4. The molecule has 1 aromatic carbocycles. The second-order valence-electron chi connectivity index (χ2n) is 14.3. The number of methoxy groups -OCH3 is 1. The number of carbonyl (C=O) groups is 7. The van der Waals surface area contributed by atoms with E-state index >= 15 is 0 Å². The van der Waals surface area contributed by atoms with Crippen molar-refractivity contribution in [2.24, 2.45) is 23.7 Å². The highest BCUT2D eigenvalue weighted by molar-refractivity contribution is 6.00. The van der Waals surface area contributed by atoms with E-state index in [0.717, 1.165) is 16.0 Å². The van der Waals surface area contributed by atoms with E-state index in [0.29, 0.717) is 6.42 Å². The Morgan fingerprint density at radius 3 is 2.07 bits per heavy atom. The monoisotopic (exact) mass is 767 g/mol.